The molecule has 0 bridgehead atoms. The molecule has 5 N–H and O–H groups in total. The van der Waals surface area contributed by atoms with Gasteiger partial charge in [0.25, 0.3) is 5.91 Å². The maximum atomic E-state index is 13.2. The minimum Gasteiger partial charge on any atom is -0.367 e. The van der Waals surface area contributed by atoms with Crippen LogP contribution < -0.4 is 21.3 Å². The number of carbonyl (C=O) groups is 5. The number of nitrogens with one attached hydrogen (secondary N) is 5. The molecule has 3 rings (SSSR count). The summed E-state index contributed by atoms with van der Waals surface area (Å²) in [6.45, 7) is 6.20. The largest absolute Gasteiger partial charge is 0.367 e. The minimum absolute atomic E-state index is 0.109. The van der Waals surface area contributed by atoms with Crippen molar-refractivity contribution in [3.8, 4) is 0 Å². The quantitative estimate of drug-likeness (QED) is 0.385. The Morgan fingerprint density at radius 3 is 2.33 bits per heavy atom. The van der Waals surface area contributed by atoms with Gasteiger partial charge >= 0.3 is 0 Å². The summed E-state index contributed by atoms with van der Waals surface area (Å²) in [6, 6.07) is 8.32. The lowest BCUT2D eigenvalue weighted by Gasteiger charge is -2.26. The Balaban J connectivity index is 1.80. The molecule has 2 heterocycles. The summed E-state index contributed by atoms with van der Waals surface area (Å²) in [7, 11) is 0. The summed E-state index contributed by atoms with van der Waals surface area (Å²) in [5.74, 6) is -2.04. The molecule has 216 valence electrons. The number of H-pyrrole nitrogens is 1. The second-order valence-electron chi connectivity index (χ2n) is 10.4. The zero-order chi connectivity index (χ0) is 29.1. The number of carbonyl (C=O) groups excluding carboxylic acids is 5. The topological polar surface area (TPSA) is 152 Å². The van der Waals surface area contributed by atoms with Crippen LogP contribution in [0.5, 0.6) is 0 Å². The van der Waals surface area contributed by atoms with Gasteiger partial charge in [-0.2, -0.15) is 0 Å². The van der Waals surface area contributed by atoms with E-state index in [0.717, 1.165) is 5.56 Å². The molecule has 1 aliphatic heterocycles. The van der Waals surface area contributed by atoms with E-state index in [2.05, 4.69) is 26.3 Å². The monoisotopic (exact) mass is 552 g/mol. The van der Waals surface area contributed by atoms with Crippen LogP contribution in [0.15, 0.2) is 48.8 Å². The van der Waals surface area contributed by atoms with Gasteiger partial charge in [-0.1, -0.05) is 44.2 Å². The molecule has 40 heavy (non-hydrogen) atoms. The maximum absolute atomic E-state index is 13.2. The third-order valence-corrected chi connectivity index (χ3v) is 6.80. The Morgan fingerprint density at radius 1 is 0.925 bits per heavy atom. The van der Waals surface area contributed by atoms with Crippen LogP contribution >= 0.6 is 0 Å². The van der Waals surface area contributed by atoms with E-state index in [1.54, 1.807) is 30.3 Å². The first-order valence-electron chi connectivity index (χ1n) is 13.8. The molecule has 1 fully saturated rings. The molecule has 0 radical (unpaired) electrons. The first-order valence-corrected chi connectivity index (χ1v) is 13.8. The number of amides is 5. The van der Waals surface area contributed by atoms with Crippen molar-refractivity contribution < 1.29 is 24.0 Å². The van der Waals surface area contributed by atoms with E-state index in [0.29, 0.717) is 38.0 Å². The van der Waals surface area contributed by atoms with Gasteiger partial charge in [0.15, 0.2) is 0 Å². The summed E-state index contributed by atoms with van der Waals surface area (Å²) in [5.41, 5.74) is 1.36. The lowest BCUT2D eigenvalue weighted by atomic mass is 10.0. The van der Waals surface area contributed by atoms with E-state index in [9.17, 15) is 24.0 Å². The van der Waals surface area contributed by atoms with Gasteiger partial charge in [-0.05, 0) is 37.3 Å². The summed E-state index contributed by atoms with van der Waals surface area (Å²) in [6.07, 6.45) is 4.52. The van der Waals surface area contributed by atoms with Crippen LogP contribution in [0.1, 0.15) is 56.0 Å². The van der Waals surface area contributed by atoms with Gasteiger partial charge in [0.05, 0.1) is 5.56 Å². The van der Waals surface area contributed by atoms with Crippen LogP contribution in [0.25, 0.3) is 0 Å². The lowest BCUT2D eigenvalue weighted by molar-refractivity contribution is -0.134. The summed E-state index contributed by atoms with van der Waals surface area (Å²) in [5, 5.41) is 11.1. The summed E-state index contributed by atoms with van der Waals surface area (Å²) in [4.78, 5) is 69.6. The number of benzene rings is 1. The second kappa shape index (κ2) is 14.9. The number of aromatic nitrogens is 1. The van der Waals surface area contributed by atoms with E-state index in [-0.39, 0.29) is 36.5 Å². The van der Waals surface area contributed by atoms with Crippen LogP contribution in [0.4, 0.5) is 0 Å². The Bertz CT molecular complexity index is 1150. The van der Waals surface area contributed by atoms with Crippen molar-refractivity contribution >= 4 is 29.5 Å². The third-order valence-electron chi connectivity index (χ3n) is 6.80. The molecule has 0 unspecified atom stereocenters. The highest BCUT2D eigenvalue weighted by molar-refractivity contribution is 5.95. The zero-order valence-electron chi connectivity index (χ0n) is 23.4. The van der Waals surface area contributed by atoms with Crippen LogP contribution in [-0.2, 0) is 25.6 Å². The molecule has 1 aromatic carbocycles. The normalized spacial score (nSPS) is 22.4. The van der Waals surface area contributed by atoms with Gasteiger partial charge in [0, 0.05) is 44.9 Å². The van der Waals surface area contributed by atoms with E-state index in [1.807, 2.05) is 44.2 Å². The molecule has 0 spiro atoms. The molecular weight excluding hydrogens is 512 g/mol. The van der Waals surface area contributed by atoms with Crippen molar-refractivity contribution in [1.29, 1.82) is 0 Å². The fourth-order valence-electron chi connectivity index (χ4n) is 4.49. The maximum Gasteiger partial charge on any atom is 0.255 e. The van der Waals surface area contributed by atoms with E-state index in [1.165, 1.54) is 0 Å². The molecule has 5 amide bonds. The summed E-state index contributed by atoms with van der Waals surface area (Å²) < 4.78 is 0. The van der Waals surface area contributed by atoms with E-state index in [4.69, 9.17) is 0 Å². The van der Waals surface area contributed by atoms with Gasteiger partial charge in [-0.3, -0.25) is 24.0 Å². The van der Waals surface area contributed by atoms with Crippen molar-refractivity contribution in [3.63, 3.8) is 0 Å². The predicted octanol–water partition coefficient (Wildman–Crippen LogP) is 1.13. The zero-order valence-corrected chi connectivity index (χ0v) is 23.4. The van der Waals surface area contributed by atoms with Crippen molar-refractivity contribution in [1.82, 2.24) is 31.2 Å². The van der Waals surface area contributed by atoms with Crippen LogP contribution in [0, 0.1) is 5.92 Å². The number of nitrogens with zero attached hydrogens (tertiary/aromatic N) is 1. The number of hydrogen-bond acceptors (Lipinski definition) is 5. The van der Waals surface area contributed by atoms with Gasteiger partial charge in [0.2, 0.25) is 23.6 Å². The predicted molar refractivity (Wildman–Crippen MR) is 150 cm³/mol. The van der Waals surface area contributed by atoms with E-state index >= 15 is 0 Å². The third kappa shape index (κ3) is 8.96. The molecule has 11 nitrogen and oxygen atoms in total. The molecule has 1 aliphatic rings. The van der Waals surface area contributed by atoms with Crippen LogP contribution in [0.2, 0.25) is 0 Å². The fraction of sp³-hybridized carbons (Fsp3) is 0.483. The summed E-state index contributed by atoms with van der Waals surface area (Å²) >= 11 is 0. The molecule has 0 aliphatic carbocycles. The average Bonchev–Trinajstić information content (AvgIpc) is 3.47. The molecule has 11 heteroatoms. The van der Waals surface area contributed by atoms with Crippen molar-refractivity contribution in [2.75, 3.05) is 19.6 Å². The Kier molecular flexibility index (Phi) is 11.3. The van der Waals surface area contributed by atoms with Crippen LogP contribution in [-0.4, -0.2) is 77.2 Å². The Labute approximate surface area is 234 Å². The van der Waals surface area contributed by atoms with Crippen molar-refractivity contribution in [3.05, 3.63) is 59.9 Å². The Morgan fingerprint density at radius 2 is 1.65 bits per heavy atom. The molecule has 3 atom stereocenters. The van der Waals surface area contributed by atoms with Crippen LogP contribution in [0.3, 0.4) is 0 Å². The molecule has 1 aromatic heterocycles. The lowest BCUT2D eigenvalue weighted by Crippen LogP contribution is -2.57. The first-order chi connectivity index (χ1) is 19.2. The number of aromatic amines is 1. The standard InChI is InChI=1S/C29H40N6O5/c1-19(2)25-28(39)31-13-8-16-35(29(40)22-12-14-30-18-22)15-7-11-24(36)33-23(17-21-9-5-4-6-10-21)27(38)32-20(3)26(37)34-25/h4-6,9-10,12,14,18-20,23,25,30H,7-8,11,13,15-17H2,1-3H3,(H,31,39)(H,32,38)(H,33,36)(H,34,37)/t20-,23+,25-/m1/s1. The smallest absolute Gasteiger partial charge is 0.255 e. The van der Waals surface area contributed by atoms with Gasteiger partial charge < -0.3 is 31.2 Å². The average molecular weight is 553 g/mol. The minimum atomic E-state index is -0.927. The number of rotatable bonds is 4. The second-order valence-corrected chi connectivity index (χ2v) is 10.4. The van der Waals surface area contributed by atoms with Gasteiger partial charge in [0.1, 0.15) is 18.1 Å². The molecule has 0 saturated carbocycles. The van der Waals surface area contributed by atoms with E-state index < -0.39 is 29.9 Å². The highest BCUT2D eigenvalue weighted by atomic mass is 16.2. The fourth-order valence-corrected chi connectivity index (χ4v) is 4.49. The van der Waals surface area contributed by atoms with Crippen molar-refractivity contribution in [2.24, 2.45) is 5.92 Å². The first kappa shape index (κ1) is 30.4. The van der Waals surface area contributed by atoms with Gasteiger partial charge in [-0.15, -0.1) is 0 Å². The molecular formula is C29H40N6O5. The SMILES string of the molecule is CC(C)[C@H]1NC(=O)[C@@H](C)NC(=O)[C@H](Cc2ccccc2)NC(=O)CCCN(C(=O)c2cc[nH]c2)CCCNC1=O. The van der Waals surface area contributed by atoms with Gasteiger partial charge in [-0.25, -0.2) is 0 Å². The number of hydrogen-bond donors (Lipinski definition) is 5. The molecule has 1 saturated heterocycles. The highest BCUT2D eigenvalue weighted by Gasteiger charge is 2.29. The molecule has 2 aromatic rings. The highest BCUT2D eigenvalue weighted by Crippen LogP contribution is 2.09. The van der Waals surface area contributed by atoms with Crippen molar-refractivity contribution in [2.45, 2.75) is 64.6 Å². The Hall–Kier alpha value is -4.15.